The second-order valence-electron chi connectivity index (χ2n) is 3.33. The molecule has 0 bridgehead atoms. The zero-order valence-corrected chi connectivity index (χ0v) is 10.4. The van der Waals surface area contributed by atoms with Crippen LogP contribution in [0.5, 0.6) is 0 Å². The second kappa shape index (κ2) is 8.24. The molecule has 0 aliphatic carbocycles. The minimum atomic E-state index is 0.948. The first-order chi connectivity index (χ1) is 6.93. The molecule has 14 heavy (non-hydrogen) atoms. The highest BCUT2D eigenvalue weighted by Crippen LogP contribution is 2.16. The standard InChI is InChI=1S/C10H18N2S2/c1-2-3-4-5-6-7-8-13-10-11-9-14-12-10/h9H,2-8H2,1H3. The van der Waals surface area contributed by atoms with E-state index < -0.39 is 0 Å². The van der Waals surface area contributed by atoms with Crippen LogP contribution in [0.4, 0.5) is 0 Å². The van der Waals surface area contributed by atoms with Crippen molar-refractivity contribution in [1.29, 1.82) is 0 Å². The van der Waals surface area contributed by atoms with Crippen molar-refractivity contribution in [2.75, 3.05) is 5.75 Å². The number of hydrogen-bond donors (Lipinski definition) is 0. The van der Waals surface area contributed by atoms with Gasteiger partial charge in [-0.1, -0.05) is 50.8 Å². The Morgan fingerprint density at radius 3 is 2.71 bits per heavy atom. The van der Waals surface area contributed by atoms with Gasteiger partial charge in [0, 0.05) is 5.75 Å². The maximum Gasteiger partial charge on any atom is 0.200 e. The molecular weight excluding hydrogens is 212 g/mol. The summed E-state index contributed by atoms with van der Waals surface area (Å²) in [5, 5.41) is 0.948. The van der Waals surface area contributed by atoms with Gasteiger partial charge in [0.1, 0.15) is 5.51 Å². The number of aromatic nitrogens is 2. The molecule has 0 unspecified atom stereocenters. The molecule has 0 aliphatic heterocycles. The molecule has 80 valence electrons. The van der Waals surface area contributed by atoms with E-state index in [0.717, 1.165) is 5.16 Å². The van der Waals surface area contributed by atoms with Crippen LogP contribution in [-0.4, -0.2) is 15.1 Å². The summed E-state index contributed by atoms with van der Waals surface area (Å²) in [5.74, 6) is 1.17. The van der Waals surface area contributed by atoms with E-state index >= 15 is 0 Å². The summed E-state index contributed by atoms with van der Waals surface area (Å²) in [6.07, 6.45) is 8.16. The van der Waals surface area contributed by atoms with Crippen molar-refractivity contribution in [3.63, 3.8) is 0 Å². The molecule has 2 nitrogen and oxygen atoms in total. The molecule has 0 saturated carbocycles. The van der Waals surface area contributed by atoms with Gasteiger partial charge in [-0.05, 0) is 18.0 Å². The van der Waals surface area contributed by atoms with Gasteiger partial charge in [0.25, 0.3) is 0 Å². The maximum atomic E-state index is 4.16. The molecule has 1 heterocycles. The first kappa shape index (κ1) is 12.0. The molecule has 0 atom stereocenters. The molecule has 0 aromatic carbocycles. The second-order valence-corrected chi connectivity index (χ2v) is 5.00. The van der Waals surface area contributed by atoms with Crippen LogP contribution in [-0.2, 0) is 0 Å². The molecule has 0 aliphatic rings. The van der Waals surface area contributed by atoms with Crippen molar-refractivity contribution in [3.05, 3.63) is 5.51 Å². The summed E-state index contributed by atoms with van der Waals surface area (Å²) in [5.41, 5.74) is 1.80. The third kappa shape index (κ3) is 5.60. The van der Waals surface area contributed by atoms with Gasteiger partial charge in [-0.3, -0.25) is 0 Å². The van der Waals surface area contributed by atoms with E-state index in [2.05, 4.69) is 16.3 Å². The maximum absolute atomic E-state index is 4.16. The smallest absolute Gasteiger partial charge is 0.200 e. The normalized spacial score (nSPS) is 10.6. The lowest BCUT2D eigenvalue weighted by Crippen LogP contribution is -1.83. The third-order valence-electron chi connectivity index (χ3n) is 2.07. The molecule has 0 saturated heterocycles. The lowest BCUT2D eigenvalue weighted by molar-refractivity contribution is 0.627. The molecule has 0 amide bonds. The van der Waals surface area contributed by atoms with Crippen LogP contribution in [0.25, 0.3) is 0 Å². The minimum absolute atomic E-state index is 0.948. The van der Waals surface area contributed by atoms with Crippen LogP contribution in [0.15, 0.2) is 10.7 Å². The van der Waals surface area contributed by atoms with Crippen LogP contribution in [0.1, 0.15) is 45.4 Å². The van der Waals surface area contributed by atoms with Crippen LogP contribution in [0.2, 0.25) is 0 Å². The van der Waals surface area contributed by atoms with Crippen LogP contribution >= 0.6 is 23.3 Å². The Kier molecular flexibility index (Phi) is 7.05. The van der Waals surface area contributed by atoms with Gasteiger partial charge in [-0.25, -0.2) is 4.98 Å². The molecule has 1 aromatic rings. The van der Waals surface area contributed by atoms with Crippen molar-refractivity contribution in [2.45, 2.75) is 50.6 Å². The van der Waals surface area contributed by atoms with Gasteiger partial charge in [0.15, 0.2) is 5.16 Å². The van der Waals surface area contributed by atoms with Gasteiger partial charge in [-0.2, -0.15) is 4.37 Å². The van der Waals surface area contributed by atoms with Crippen LogP contribution < -0.4 is 0 Å². The van der Waals surface area contributed by atoms with Gasteiger partial charge < -0.3 is 0 Å². The van der Waals surface area contributed by atoms with E-state index in [1.54, 1.807) is 17.3 Å². The summed E-state index contributed by atoms with van der Waals surface area (Å²) in [4.78, 5) is 4.13. The van der Waals surface area contributed by atoms with Crippen molar-refractivity contribution in [3.8, 4) is 0 Å². The van der Waals surface area contributed by atoms with Crippen molar-refractivity contribution in [1.82, 2.24) is 9.36 Å². The van der Waals surface area contributed by atoms with Gasteiger partial charge in [0.2, 0.25) is 0 Å². The largest absolute Gasteiger partial charge is 0.218 e. The Morgan fingerprint density at radius 1 is 1.21 bits per heavy atom. The number of thioether (sulfide) groups is 1. The Morgan fingerprint density at radius 2 is 2.00 bits per heavy atom. The van der Waals surface area contributed by atoms with Gasteiger partial charge >= 0.3 is 0 Å². The highest BCUT2D eigenvalue weighted by molar-refractivity contribution is 7.99. The lowest BCUT2D eigenvalue weighted by atomic mass is 10.1. The van der Waals surface area contributed by atoms with E-state index in [0.29, 0.717) is 0 Å². The fourth-order valence-electron chi connectivity index (χ4n) is 1.27. The van der Waals surface area contributed by atoms with Crippen molar-refractivity contribution in [2.24, 2.45) is 0 Å². The van der Waals surface area contributed by atoms with Crippen molar-refractivity contribution < 1.29 is 0 Å². The zero-order chi connectivity index (χ0) is 10.1. The van der Waals surface area contributed by atoms with Gasteiger partial charge in [-0.15, -0.1) is 0 Å². The summed E-state index contributed by atoms with van der Waals surface area (Å²) >= 11 is 3.21. The summed E-state index contributed by atoms with van der Waals surface area (Å²) < 4.78 is 4.16. The van der Waals surface area contributed by atoms with E-state index in [1.807, 2.05) is 0 Å². The number of hydrogen-bond acceptors (Lipinski definition) is 4. The topological polar surface area (TPSA) is 25.8 Å². The number of rotatable bonds is 8. The fraction of sp³-hybridized carbons (Fsp3) is 0.800. The van der Waals surface area contributed by atoms with Crippen LogP contribution in [0.3, 0.4) is 0 Å². The lowest BCUT2D eigenvalue weighted by Gasteiger charge is -1.98. The molecule has 1 rings (SSSR count). The van der Waals surface area contributed by atoms with E-state index in [4.69, 9.17) is 0 Å². The summed E-state index contributed by atoms with van der Waals surface area (Å²) in [6.45, 7) is 2.25. The Hall–Kier alpha value is -0.0900. The third-order valence-corrected chi connectivity index (χ3v) is 3.61. The predicted molar refractivity (Wildman–Crippen MR) is 64.0 cm³/mol. The van der Waals surface area contributed by atoms with Crippen LogP contribution in [0, 0.1) is 0 Å². The Balaban J connectivity index is 1.85. The van der Waals surface area contributed by atoms with Crippen molar-refractivity contribution >= 4 is 23.3 Å². The Bertz CT molecular complexity index is 212. The average molecular weight is 230 g/mol. The first-order valence-electron chi connectivity index (χ1n) is 5.32. The average Bonchev–Trinajstić information content (AvgIpc) is 2.69. The molecule has 0 radical (unpaired) electrons. The number of nitrogens with zero attached hydrogens (tertiary/aromatic N) is 2. The Labute approximate surface area is 94.7 Å². The zero-order valence-electron chi connectivity index (χ0n) is 8.74. The molecule has 0 N–H and O–H groups in total. The highest BCUT2D eigenvalue weighted by Gasteiger charge is 1.96. The van der Waals surface area contributed by atoms with Gasteiger partial charge in [0.05, 0.1) is 0 Å². The summed E-state index contributed by atoms with van der Waals surface area (Å²) in [7, 11) is 0. The summed E-state index contributed by atoms with van der Waals surface area (Å²) in [6, 6.07) is 0. The molecule has 0 spiro atoms. The first-order valence-corrected chi connectivity index (χ1v) is 7.15. The monoisotopic (exact) mass is 230 g/mol. The SMILES string of the molecule is CCCCCCCCSc1ncsn1. The highest BCUT2D eigenvalue weighted by atomic mass is 32.2. The molecule has 4 heteroatoms. The predicted octanol–water partition coefficient (Wildman–Crippen LogP) is 3.99. The van der Waals surface area contributed by atoms with E-state index in [-0.39, 0.29) is 0 Å². The molecular formula is C10H18N2S2. The number of unbranched alkanes of at least 4 members (excludes halogenated alkanes) is 5. The van der Waals surface area contributed by atoms with E-state index in [9.17, 15) is 0 Å². The molecule has 0 fully saturated rings. The quantitative estimate of drug-likeness (QED) is 0.499. The van der Waals surface area contributed by atoms with E-state index in [1.165, 1.54) is 55.8 Å². The minimum Gasteiger partial charge on any atom is -0.218 e. The fourth-order valence-corrected chi connectivity index (χ4v) is 2.67. The molecule has 1 aromatic heterocycles.